The van der Waals surface area contributed by atoms with Crippen LogP contribution in [0.4, 0.5) is 0 Å². The molecule has 1 rings (SSSR count). The number of carbonyl (C=O) groups is 1. The van der Waals surface area contributed by atoms with E-state index in [0.717, 1.165) is 12.8 Å². The summed E-state index contributed by atoms with van der Waals surface area (Å²) in [6, 6.07) is 3.41. The van der Waals surface area contributed by atoms with Gasteiger partial charge in [-0.15, -0.1) is 0 Å². The summed E-state index contributed by atoms with van der Waals surface area (Å²) in [5.74, 6) is -0.290. The molecule has 0 fully saturated rings. The van der Waals surface area contributed by atoms with E-state index >= 15 is 0 Å². The normalized spacial score (nSPS) is 10.2. The lowest BCUT2D eigenvalue weighted by atomic mass is 10.3. The van der Waals surface area contributed by atoms with Crippen LogP contribution in [0.15, 0.2) is 24.5 Å². The Morgan fingerprint density at radius 1 is 1.44 bits per heavy atom. The van der Waals surface area contributed by atoms with E-state index in [4.69, 9.17) is 22.3 Å². The number of nitrogens with zero attached hydrogens (tertiary/aromatic N) is 1. The van der Waals surface area contributed by atoms with E-state index < -0.39 is 10.4 Å². The van der Waals surface area contributed by atoms with Crippen molar-refractivity contribution >= 4 is 16.4 Å². The van der Waals surface area contributed by atoms with Crippen molar-refractivity contribution in [1.82, 2.24) is 4.98 Å². The molecule has 0 aliphatic heterocycles. The number of pyridine rings is 1. The summed E-state index contributed by atoms with van der Waals surface area (Å²) in [5.41, 5.74) is 0.513. The summed E-state index contributed by atoms with van der Waals surface area (Å²) in [7, 11) is -4.67. The number of rotatable bonds is 4. The smallest absolute Gasteiger partial charge is 0.394 e. The van der Waals surface area contributed by atoms with Crippen molar-refractivity contribution in [3.8, 4) is 0 Å². The molecule has 0 aromatic carbocycles. The van der Waals surface area contributed by atoms with E-state index in [1.165, 1.54) is 6.20 Å². The van der Waals surface area contributed by atoms with Gasteiger partial charge in [-0.2, -0.15) is 8.42 Å². The maximum absolute atomic E-state index is 11.3. The van der Waals surface area contributed by atoms with Gasteiger partial charge in [0, 0.05) is 12.4 Å². The molecule has 1 aromatic rings. The minimum atomic E-state index is -4.67. The average molecular weight is 277 g/mol. The van der Waals surface area contributed by atoms with Gasteiger partial charge in [0.15, 0.2) is 0 Å². The Morgan fingerprint density at radius 3 is 2.50 bits per heavy atom. The molecule has 0 atom stereocenters. The van der Waals surface area contributed by atoms with E-state index in [0.29, 0.717) is 12.2 Å². The van der Waals surface area contributed by atoms with Crippen LogP contribution in [0.2, 0.25) is 0 Å². The van der Waals surface area contributed by atoms with E-state index in [1.54, 1.807) is 18.3 Å². The van der Waals surface area contributed by atoms with Crippen molar-refractivity contribution in [2.75, 3.05) is 6.61 Å². The molecular formula is C10H15NO6S. The third-order valence-corrected chi connectivity index (χ3v) is 1.63. The highest BCUT2D eigenvalue weighted by molar-refractivity contribution is 7.79. The van der Waals surface area contributed by atoms with Crippen LogP contribution in [-0.4, -0.2) is 35.1 Å². The Bertz CT molecular complexity index is 437. The number of esters is 1. The minimum Gasteiger partial charge on any atom is -0.462 e. The topological polar surface area (TPSA) is 114 Å². The zero-order chi connectivity index (χ0) is 14.0. The van der Waals surface area contributed by atoms with E-state index in [1.807, 2.05) is 0 Å². The van der Waals surface area contributed by atoms with Crippen LogP contribution in [0.25, 0.3) is 0 Å². The SMILES string of the molecule is CCCCOC(=O)c1cccnc1.O=S(=O)(O)O. The minimum absolute atomic E-state index is 0.290. The number of aromatic nitrogens is 1. The highest BCUT2D eigenvalue weighted by atomic mass is 32.3. The predicted molar refractivity (Wildman–Crippen MR) is 63.6 cm³/mol. The molecule has 0 spiro atoms. The molecule has 2 N–H and O–H groups in total. The lowest BCUT2D eigenvalue weighted by Gasteiger charge is -2.02. The molecule has 0 unspecified atom stereocenters. The Labute approximate surface area is 105 Å². The maximum Gasteiger partial charge on any atom is 0.394 e. The quantitative estimate of drug-likeness (QED) is 0.485. The molecule has 1 heterocycles. The van der Waals surface area contributed by atoms with Crippen LogP contribution in [0.5, 0.6) is 0 Å². The fourth-order valence-electron chi connectivity index (χ4n) is 0.876. The zero-order valence-electron chi connectivity index (χ0n) is 9.81. The van der Waals surface area contributed by atoms with Crippen molar-refractivity contribution in [2.45, 2.75) is 19.8 Å². The second kappa shape index (κ2) is 8.56. The molecule has 102 valence electrons. The van der Waals surface area contributed by atoms with Gasteiger partial charge in [0.25, 0.3) is 0 Å². The molecule has 18 heavy (non-hydrogen) atoms. The molecule has 0 aliphatic carbocycles. The molecule has 8 heteroatoms. The summed E-state index contributed by atoms with van der Waals surface area (Å²) < 4.78 is 36.6. The van der Waals surface area contributed by atoms with Gasteiger partial charge in [0.05, 0.1) is 12.2 Å². The van der Waals surface area contributed by atoms with Gasteiger partial charge in [-0.05, 0) is 18.6 Å². The van der Waals surface area contributed by atoms with Gasteiger partial charge in [-0.25, -0.2) is 4.79 Å². The second-order valence-electron chi connectivity index (χ2n) is 3.18. The Balaban J connectivity index is 0.000000494. The predicted octanol–water partition coefficient (Wildman–Crippen LogP) is 1.39. The summed E-state index contributed by atoms with van der Waals surface area (Å²) >= 11 is 0. The van der Waals surface area contributed by atoms with E-state index in [-0.39, 0.29) is 5.97 Å². The summed E-state index contributed by atoms with van der Waals surface area (Å²) in [4.78, 5) is 15.1. The van der Waals surface area contributed by atoms with Crippen molar-refractivity contribution in [3.05, 3.63) is 30.1 Å². The third-order valence-electron chi connectivity index (χ3n) is 1.63. The number of hydrogen-bond acceptors (Lipinski definition) is 5. The molecule has 0 saturated carbocycles. The van der Waals surface area contributed by atoms with Gasteiger partial charge >= 0.3 is 16.4 Å². The van der Waals surface area contributed by atoms with Crippen LogP contribution in [0.1, 0.15) is 30.1 Å². The highest BCUT2D eigenvalue weighted by Crippen LogP contribution is 1.99. The van der Waals surface area contributed by atoms with E-state index in [2.05, 4.69) is 11.9 Å². The van der Waals surface area contributed by atoms with Crippen molar-refractivity contribution in [1.29, 1.82) is 0 Å². The fraction of sp³-hybridized carbons (Fsp3) is 0.400. The monoisotopic (exact) mass is 277 g/mol. The average Bonchev–Trinajstić information content (AvgIpc) is 2.28. The summed E-state index contributed by atoms with van der Waals surface area (Å²) in [6.07, 6.45) is 5.07. The van der Waals surface area contributed by atoms with Crippen LogP contribution in [-0.2, 0) is 15.1 Å². The molecule has 0 amide bonds. The molecule has 7 nitrogen and oxygen atoms in total. The van der Waals surface area contributed by atoms with Crippen molar-refractivity contribution in [3.63, 3.8) is 0 Å². The number of ether oxygens (including phenoxy) is 1. The van der Waals surface area contributed by atoms with Crippen LogP contribution in [0.3, 0.4) is 0 Å². The largest absolute Gasteiger partial charge is 0.462 e. The summed E-state index contributed by atoms with van der Waals surface area (Å²) in [5, 5.41) is 0. The number of unbranched alkanes of at least 4 members (excludes halogenated alkanes) is 1. The molecule has 0 bridgehead atoms. The summed E-state index contributed by atoms with van der Waals surface area (Å²) in [6.45, 7) is 2.54. The van der Waals surface area contributed by atoms with Crippen LogP contribution in [0, 0.1) is 0 Å². The van der Waals surface area contributed by atoms with Crippen molar-refractivity contribution < 1.29 is 27.1 Å². The Hall–Kier alpha value is -1.51. The van der Waals surface area contributed by atoms with Crippen LogP contribution < -0.4 is 0 Å². The van der Waals surface area contributed by atoms with Gasteiger partial charge in [0.2, 0.25) is 0 Å². The first kappa shape index (κ1) is 16.5. The zero-order valence-corrected chi connectivity index (χ0v) is 10.6. The Kier molecular flexibility index (Phi) is 7.84. The molecule has 0 saturated heterocycles. The maximum atomic E-state index is 11.3. The standard InChI is InChI=1S/C10H13NO2.H2O4S/c1-2-3-7-13-10(12)9-5-4-6-11-8-9;1-5(2,3)4/h4-6,8H,2-3,7H2,1H3;(H2,1,2,3,4). The first-order valence-corrected chi connectivity index (χ1v) is 6.51. The van der Waals surface area contributed by atoms with Gasteiger partial charge in [0.1, 0.15) is 0 Å². The third kappa shape index (κ3) is 11.0. The van der Waals surface area contributed by atoms with E-state index in [9.17, 15) is 4.79 Å². The van der Waals surface area contributed by atoms with Gasteiger partial charge in [-0.1, -0.05) is 13.3 Å². The number of carbonyl (C=O) groups excluding carboxylic acids is 1. The first-order valence-electron chi connectivity index (χ1n) is 5.11. The first-order chi connectivity index (χ1) is 8.34. The second-order valence-corrected chi connectivity index (χ2v) is 4.07. The van der Waals surface area contributed by atoms with Crippen molar-refractivity contribution in [2.24, 2.45) is 0 Å². The molecular weight excluding hydrogens is 262 g/mol. The van der Waals surface area contributed by atoms with Gasteiger partial charge in [-0.3, -0.25) is 14.1 Å². The molecule has 1 aromatic heterocycles. The van der Waals surface area contributed by atoms with Crippen LogP contribution >= 0.6 is 0 Å². The fourth-order valence-corrected chi connectivity index (χ4v) is 0.876. The highest BCUT2D eigenvalue weighted by Gasteiger charge is 2.04. The molecule has 0 aliphatic rings. The van der Waals surface area contributed by atoms with Gasteiger partial charge < -0.3 is 4.74 Å². The molecule has 0 radical (unpaired) electrons. The lowest BCUT2D eigenvalue weighted by molar-refractivity contribution is 0.0499. The Morgan fingerprint density at radius 2 is 2.06 bits per heavy atom. The number of hydrogen-bond donors (Lipinski definition) is 2. The lowest BCUT2D eigenvalue weighted by Crippen LogP contribution is -2.06.